The molecule has 0 atom stereocenters. The number of fused-ring (bicyclic) bond motifs is 1. The fourth-order valence-corrected chi connectivity index (χ4v) is 4.62. The van der Waals surface area contributed by atoms with Gasteiger partial charge in [0, 0.05) is 29.7 Å². The Morgan fingerprint density at radius 2 is 1.83 bits per heavy atom. The van der Waals surface area contributed by atoms with E-state index < -0.39 is 11.6 Å². The first-order valence-electron chi connectivity index (χ1n) is 12.5. The third-order valence-corrected chi connectivity index (χ3v) is 6.61. The fraction of sp³-hybridized carbons (Fsp3) is 0.310. The van der Waals surface area contributed by atoms with E-state index in [4.69, 9.17) is 9.15 Å². The number of hydrogen-bond donors (Lipinski definition) is 1. The number of pyridine rings is 1. The van der Waals surface area contributed by atoms with Crippen LogP contribution in [0.4, 0.5) is 4.39 Å². The minimum atomic E-state index is -0.535. The predicted octanol–water partition coefficient (Wildman–Crippen LogP) is 5.02. The normalized spacial score (nSPS) is 14.8. The van der Waals surface area contributed by atoms with Gasteiger partial charge < -0.3 is 14.5 Å². The number of nitrogens with one attached hydrogen (secondary N) is 1. The quantitative estimate of drug-likeness (QED) is 0.203. The smallest absolute Gasteiger partial charge is 0.379 e. The molecule has 4 aromatic rings. The third-order valence-electron chi connectivity index (χ3n) is 6.61. The Morgan fingerprint density at radius 1 is 1.03 bits per heavy atom. The van der Waals surface area contributed by atoms with Gasteiger partial charge in [-0.05, 0) is 74.3 Å². The first-order chi connectivity index (χ1) is 17.6. The number of ether oxygens (including phenoxy) is 1. The van der Waals surface area contributed by atoms with Crippen LogP contribution in [0.3, 0.4) is 0 Å². The second-order valence-corrected chi connectivity index (χ2v) is 9.21. The van der Waals surface area contributed by atoms with E-state index in [0.29, 0.717) is 18.2 Å². The van der Waals surface area contributed by atoms with E-state index in [1.165, 1.54) is 17.8 Å². The summed E-state index contributed by atoms with van der Waals surface area (Å²) < 4.78 is 24.3. The Balaban J connectivity index is 1.07. The Kier molecular flexibility index (Phi) is 7.69. The monoisotopic (exact) mass is 487 g/mol. The number of likely N-dealkylation sites (tertiary alicyclic amines) is 1. The molecule has 0 bridgehead atoms. The van der Waals surface area contributed by atoms with Crippen molar-refractivity contribution in [3.05, 3.63) is 94.9 Å². The van der Waals surface area contributed by atoms with Gasteiger partial charge in [0.05, 0.1) is 6.61 Å². The summed E-state index contributed by atoms with van der Waals surface area (Å²) in [4.78, 5) is 18.6. The number of rotatable bonds is 9. The molecule has 3 heterocycles. The fourth-order valence-electron chi connectivity index (χ4n) is 4.62. The molecule has 36 heavy (non-hydrogen) atoms. The van der Waals surface area contributed by atoms with Gasteiger partial charge in [-0.3, -0.25) is 4.90 Å². The molecule has 0 unspecified atom stereocenters. The summed E-state index contributed by atoms with van der Waals surface area (Å²) >= 11 is 0. The number of piperidine rings is 1. The van der Waals surface area contributed by atoms with Crippen LogP contribution in [0.2, 0.25) is 0 Å². The molecule has 0 saturated carbocycles. The van der Waals surface area contributed by atoms with Gasteiger partial charge in [-0.2, -0.15) is 4.39 Å². The molecule has 6 nitrogen and oxygen atoms in total. The molecule has 2 aromatic heterocycles. The average molecular weight is 488 g/mol. The van der Waals surface area contributed by atoms with Crippen LogP contribution in [-0.4, -0.2) is 42.2 Å². The summed E-state index contributed by atoms with van der Waals surface area (Å²) in [5.74, 6) is -0.319. The average Bonchev–Trinajstić information content (AvgIpc) is 2.90. The van der Waals surface area contributed by atoms with Crippen LogP contribution in [-0.2, 0) is 6.54 Å². The van der Waals surface area contributed by atoms with E-state index in [1.54, 1.807) is 18.2 Å². The molecule has 0 amide bonds. The van der Waals surface area contributed by atoms with Gasteiger partial charge in [0.1, 0.15) is 5.58 Å². The summed E-state index contributed by atoms with van der Waals surface area (Å²) in [6, 6.07) is 21.3. The van der Waals surface area contributed by atoms with Gasteiger partial charge in [0.25, 0.3) is 0 Å². The van der Waals surface area contributed by atoms with Crippen LogP contribution in [0.5, 0.6) is 5.75 Å². The van der Waals surface area contributed by atoms with Gasteiger partial charge in [-0.15, -0.1) is 0 Å². The lowest BCUT2D eigenvalue weighted by atomic mass is 10.0. The first kappa shape index (κ1) is 24.2. The van der Waals surface area contributed by atoms with Gasteiger partial charge in [0.2, 0.25) is 11.7 Å². The molecule has 186 valence electrons. The highest BCUT2D eigenvalue weighted by atomic mass is 19.1. The molecule has 1 fully saturated rings. The molecule has 0 radical (unpaired) electrons. The lowest BCUT2D eigenvalue weighted by Gasteiger charge is -2.32. The van der Waals surface area contributed by atoms with E-state index >= 15 is 0 Å². The van der Waals surface area contributed by atoms with E-state index in [2.05, 4.69) is 45.5 Å². The number of benzene rings is 2. The molecular weight excluding hydrogens is 457 g/mol. The number of hydrogen-bond acceptors (Lipinski definition) is 6. The zero-order valence-corrected chi connectivity index (χ0v) is 20.2. The Hall–Kier alpha value is -3.55. The second-order valence-electron chi connectivity index (χ2n) is 9.21. The minimum Gasteiger partial charge on any atom is -0.486 e. The molecule has 1 saturated heterocycles. The van der Waals surface area contributed by atoms with Gasteiger partial charge in [-0.25, -0.2) is 9.78 Å². The summed E-state index contributed by atoms with van der Waals surface area (Å²) in [7, 11) is 0. The van der Waals surface area contributed by atoms with Crippen molar-refractivity contribution in [2.45, 2.75) is 31.8 Å². The maximum atomic E-state index is 13.1. The lowest BCUT2D eigenvalue weighted by Crippen LogP contribution is -2.42. The summed E-state index contributed by atoms with van der Waals surface area (Å²) in [6.45, 7) is 4.49. The minimum absolute atomic E-state index is 0.216. The van der Waals surface area contributed by atoms with Crippen molar-refractivity contribution in [1.82, 2.24) is 15.2 Å². The Morgan fingerprint density at radius 3 is 2.61 bits per heavy atom. The van der Waals surface area contributed by atoms with Crippen LogP contribution in [0, 0.1) is 5.95 Å². The molecule has 1 aliphatic rings. The van der Waals surface area contributed by atoms with Gasteiger partial charge in [-0.1, -0.05) is 42.5 Å². The van der Waals surface area contributed by atoms with Crippen molar-refractivity contribution < 1.29 is 13.5 Å². The number of halogens is 1. The highest BCUT2D eigenvalue weighted by molar-refractivity contribution is 5.83. The highest BCUT2D eigenvalue weighted by Gasteiger charge is 2.18. The second kappa shape index (κ2) is 11.5. The van der Waals surface area contributed by atoms with Crippen LogP contribution < -0.4 is 15.7 Å². The maximum Gasteiger partial charge on any atom is 0.379 e. The van der Waals surface area contributed by atoms with E-state index in [0.717, 1.165) is 62.0 Å². The molecule has 2 aromatic carbocycles. The van der Waals surface area contributed by atoms with Crippen LogP contribution in [0.15, 0.2) is 82.1 Å². The topological polar surface area (TPSA) is 67.6 Å². The molecule has 7 heteroatoms. The number of aromatic nitrogens is 1. The predicted molar refractivity (Wildman–Crippen MR) is 139 cm³/mol. The zero-order chi connectivity index (χ0) is 24.7. The van der Waals surface area contributed by atoms with Crippen molar-refractivity contribution in [3.63, 3.8) is 0 Å². The van der Waals surface area contributed by atoms with Crippen LogP contribution in [0.1, 0.15) is 24.8 Å². The molecule has 1 N–H and O–H groups in total. The summed E-state index contributed by atoms with van der Waals surface area (Å²) in [5, 5.41) is 4.39. The summed E-state index contributed by atoms with van der Waals surface area (Å²) in [5.41, 5.74) is 2.86. The van der Waals surface area contributed by atoms with Crippen molar-refractivity contribution in [2.24, 2.45) is 0 Å². The van der Waals surface area contributed by atoms with Crippen LogP contribution >= 0.6 is 0 Å². The van der Waals surface area contributed by atoms with Crippen molar-refractivity contribution in [1.29, 1.82) is 0 Å². The van der Waals surface area contributed by atoms with Gasteiger partial charge >= 0.3 is 5.63 Å². The molecule has 1 aliphatic heterocycles. The Labute approximate surface area is 209 Å². The first-order valence-corrected chi connectivity index (χ1v) is 12.5. The summed E-state index contributed by atoms with van der Waals surface area (Å²) in [6.07, 6.45) is 4.53. The maximum absolute atomic E-state index is 13.1. The lowest BCUT2D eigenvalue weighted by molar-refractivity contribution is 0.189. The van der Waals surface area contributed by atoms with E-state index in [1.807, 2.05) is 12.1 Å². The standard InChI is InChI=1S/C29H30FN3O3/c30-28-10-9-24(19-32-28)22-7-8-23-18-27(29(34)36-26(23)17-22)35-16-4-13-31-25-11-14-33(15-12-25)20-21-5-2-1-3-6-21/h1-3,5-10,17-19,25,31H,4,11-16,20H2. The molecule has 5 rings (SSSR count). The van der Waals surface area contributed by atoms with Crippen molar-refractivity contribution in [2.75, 3.05) is 26.2 Å². The highest BCUT2D eigenvalue weighted by Crippen LogP contribution is 2.25. The zero-order valence-electron chi connectivity index (χ0n) is 20.2. The Bertz CT molecular complexity index is 1330. The molecule has 0 aliphatic carbocycles. The number of nitrogens with zero attached hydrogens (tertiary/aromatic N) is 2. The van der Waals surface area contributed by atoms with Crippen molar-refractivity contribution in [3.8, 4) is 16.9 Å². The molecular formula is C29H30FN3O3. The molecule has 0 spiro atoms. The van der Waals surface area contributed by atoms with Gasteiger partial charge in [0.15, 0.2) is 0 Å². The van der Waals surface area contributed by atoms with Crippen LogP contribution in [0.25, 0.3) is 22.1 Å². The van der Waals surface area contributed by atoms with E-state index in [9.17, 15) is 9.18 Å². The third kappa shape index (κ3) is 6.17. The SMILES string of the molecule is O=c1oc2cc(-c3ccc(F)nc3)ccc2cc1OCCCNC1CCN(Cc2ccccc2)CC1. The van der Waals surface area contributed by atoms with Crippen molar-refractivity contribution >= 4 is 11.0 Å². The van der Waals surface area contributed by atoms with E-state index in [-0.39, 0.29) is 5.75 Å². The largest absolute Gasteiger partial charge is 0.486 e.